The molecule has 0 aromatic carbocycles. The molecule has 19 nitrogen and oxygen atoms in total. The number of aryl methyl sites for hydroxylation is 1. The predicted octanol–water partition coefficient (Wildman–Crippen LogP) is 0.323. The van der Waals surface area contributed by atoms with Crippen LogP contribution in [0.15, 0.2) is 65.7 Å². The third-order valence-corrected chi connectivity index (χ3v) is 5.58. The number of hydrogen-bond acceptors (Lipinski definition) is 15. The molecule has 49 heavy (non-hydrogen) atoms. The van der Waals surface area contributed by atoms with Gasteiger partial charge in [-0.3, -0.25) is 19.4 Å². The van der Waals surface area contributed by atoms with Gasteiger partial charge in [0.15, 0.2) is 29.1 Å². The normalized spacial score (nSPS) is 10.9. The maximum Gasteiger partial charge on any atom is 0.373 e. The summed E-state index contributed by atoms with van der Waals surface area (Å²) in [5.74, 6) is -0.00461. The van der Waals surface area contributed by atoms with E-state index in [1.807, 2.05) is 6.07 Å². The zero-order valence-electron chi connectivity index (χ0n) is 26.7. The number of ketones is 1. The fourth-order valence-corrected chi connectivity index (χ4v) is 3.45. The minimum Gasteiger partial charge on any atom is -0.423 e. The number of amides is 1. The van der Waals surface area contributed by atoms with E-state index in [-0.39, 0.29) is 35.4 Å². The van der Waals surface area contributed by atoms with E-state index in [0.29, 0.717) is 35.5 Å². The van der Waals surface area contributed by atoms with Crippen molar-refractivity contribution in [3.8, 4) is 11.8 Å². The molecule has 1 aliphatic heterocycles. The molecular formula is C30H30N12O7. The largest absolute Gasteiger partial charge is 0.423 e. The van der Waals surface area contributed by atoms with Crippen LogP contribution in [-0.2, 0) is 30.4 Å². The minimum absolute atomic E-state index is 0.00579. The van der Waals surface area contributed by atoms with Gasteiger partial charge in [-0.15, -0.1) is 0 Å². The number of carbonyl (C=O) groups excluding carboxylic acids is 6. The third-order valence-electron chi connectivity index (χ3n) is 5.58. The summed E-state index contributed by atoms with van der Waals surface area (Å²) in [6.07, 6.45) is 13.9. The number of ether oxygens (including phenoxy) is 1. The van der Waals surface area contributed by atoms with Gasteiger partial charge in [0.05, 0.1) is 48.4 Å². The van der Waals surface area contributed by atoms with E-state index >= 15 is 0 Å². The summed E-state index contributed by atoms with van der Waals surface area (Å²) in [6.45, 7) is 10.8. The number of rotatable bonds is 7. The number of Topliss-reactive ketones (excluding diaryl/α,β-unsaturated/α-hetero) is 1. The molecule has 1 amide bonds. The molecular weight excluding hydrogens is 640 g/mol. The number of primary amides is 1. The van der Waals surface area contributed by atoms with Crippen molar-refractivity contribution >= 4 is 47.7 Å². The van der Waals surface area contributed by atoms with Gasteiger partial charge in [0.2, 0.25) is 5.70 Å². The molecule has 4 aromatic rings. The van der Waals surface area contributed by atoms with E-state index in [2.05, 4.69) is 41.7 Å². The van der Waals surface area contributed by atoms with E-state index in [4.69, 9.17) is 32.9 Å². The second-order valence-electron chi connectivity index (χ2n) is 9.17. The fourth-order valence-electron chi connectivity index (χ4n) is 3.45. The van der Waals surface area contributed by atoms with Crippen LogP contribution in [0, 0.1) is 17.9 Å². The highest BCUT2D eigenvalue weighted by Gasteiger charge is 2.11. The lowest BCUT2D eigenvalue weighted by molar-refractivity contribution is -0.191. The van der Waals surface area contributed by atoms with Gasteiger partial charge in [-0.25, -0.2) is 23.8 Å². The average Bonchev–Trinajstić information content (AvgIpc) is 3.82. The molecule has 0 fully saturated rings. The van der Waals surface area contributed by atoms with Crippen LogP contribution in [0.1, 0.15) is 35.3 Å². The Bertz CT molecular complexity index is 2000. The van der Waals surface area contributed by atoms with E-state index in [0.717, 1.165) is 17.6 Å². The molecule has 0 saturated heterocycles. The molecule has 0 aliphatic carbocycles. The molecule has 0 atom stereocenters. The summed E-state index contributed by atoms with van der Waals surface area (Å²) in [7, 11) is 3.52. The van der Waals surface area contributed by atoms with Gasteiger partial charge < -0.3 is 25.9 Å². The molecule has 0 saturated carbocycles. The second kappa shape index (κ2) is 20.6. The lowest BCUT2D eigenvalue weighted by Gasteiger charge is -2.02. The molecule has 252 valence electrons. The monoisotopic (exact) mass is 670 g/mol. The Morgan fingerprint density at radius 2 is 1.73 bits per heavy atom. The summed E-state index contributed by atoms with van der Waals surface area (Å²) in [4.78, 5) is 74.3. The summed E-state index contributed by atoms with van der Waals surface area (Å²) in [5, 5.41) is 16.6. The van der Waals surface area contributed by atoms with Gasteiger partial charge in [0.25, 0.3) is 12.4 Å². The first-order chi connectivity index (χ1) is 23.4. The van der Waals surface area contributed by atoms with Crippen LogP contribution in [0.4, 0.5) is 0 Å². The average molecular weight is 671 g/mol. The quantitative estimate of drug-likeness (QED) is 0.152. The van der Waals surface area contributed by atoms with Crippen molar-refractivity contribution in [3.63, 3.8) is 0 Å². The first-order valence-corrected chi connectivity index (χ1v) is 13.6. The molecule has 5 rings (SSSR count). The SMILES string of the molecule is CC(=O)C1=CCN=C1N.CCc1cnn2cc(C#N)cnc12.NC(=O)c1cnc2c(OC=O)cnn2c1.O=C=O.[C-]#[N+]/C(C=O)=C/N(C)C. The number of carbonyl (C=O) groups is 4. The van der Waals surface area contributed by atoms with Crippen LogP contribution in [0.2, 0.25) is 0 Å². The highest BCUT2D eigenvalue weighted by Crippen LogP contribution is 2.16. The third kappa shape index (κ3) is 12.5. The van der Waals surface area contributed by atoms with Crippen molar-refractivity contribution in [1.29, 1.82) is 5.26 Å². The first-order valence-electron chi connectivity index (χ1n) is 13.6. The summed E-state index contributed by atoms with van der Waals surface area (Å²) in [5.41, 5.74) is 14.1. The number of nitriles is 1. The Balaban J connectivity index is 0.000000325. The van der Waals surface area contributed by atoms with Crippen LogP contribution in [0.3, 0.4) is 0 Å². The van der Waals surface area contributed by atoms with Crippen LogP contribution in [0.5, 0.6) is 5.75 Å². The number of fused-ring (bicyclic) bond motifs is 2. The van der Waals surface area contributed by atoms with Crippen LogP contribution < -0.4 is 16.2 Å². The maximum atomic E-state index is 10.8. The number of allylic oxidation sites excluding steroid dienone is 1. The number of hydrogen-bond donors (Lipinski definition) is 2. The van der Waals surface area contributed by atoms with Crippen molar-refractivity contribution in [2.75, 3.05) is 20.6 Å². The van der Waals surface area contributed by atoms with Gasteiger partial charge in [0, 0.05) is 44.4 Å². The van der Waals surface area contributed by atoms with Crippen molar-refractivity contribution in [2.24, 2.45) is 16.5 Å². The molecule has 1 aliphatic rings. The first kappa shape index (κ1) is 39.7. The topological polar surface area (TPSA) is 268 Å². The zero-order chi connectivity index (χ0) is 36.9. The maximum absolute atomic E-state index is 10.8. The molecule has 4 N–H and O–H groups in total. The van der Waals surface area contributed by atoms with Crippen molar-refractivity contribution in [3.05, 3.63) is 88.8 Å². The summed E-state index contributed by atoms with van der Waals surface area (Å²) >= 11 is 0. The molecule has 0 unspecified atom stereocenters. The molecule has 0 bridgehead atoms. The lowest BCUT2D eigenvalue weighted by Crippen LogP contribution is -2.16. The summed E-state index contributed by atoms with van der Waals surface area (Å²) < 4.78 is 7.56. The van der Waals surface area contributed by atoms with Gasteiger partial charge in [-0.1, -0.05) is 6.92 Å². The van der Waals surface area contributed by atoms with Gasteiger partial charge in [-0.2, -0.15) is 25.0 Å². The Labute approximate surface area is 278 Å². The number of nitrogens with zero attached hydrogens (tertiary/aromatic N) is 10. The van der Waals surface area contributed by atoms with E-state index in [1.54, 1.807) is 48.2 Å². The van der Waals surface area contributed by atoms with E-state index in [1.165, 1.54) is 36.2 Å². The predicted molar refractivity (Wildman–Crippen MR) is 170 cm³/mol. The van der Waals surface area contributed by atoms with E-state index < -0.39 is 5.91 Å². The Hall–Kier alpha value is -7.37. The van der Waals surface area contributed by atoms with Gasteiger partial charge in [-0.05, 0) is 19.4 Å². The van der Waals surface area contributed by atoms with Crippen LogP contribution in [0.25, 0.3) is 16.1 Å². The van der Waals surface area contributed by atoms with Crippen molar-refractivity contribution < 1.29 is 33.5 Å². The number of amidine groups is 1. The highest BCUT2D eigenvalue weighted by molar-refractivity contribution is 6.21. The Kier molecular flexibility index (Phi) is 16.7. The lowest BCUT2D eigenvalue weighted by atomic mass is 10.2. The molecule has 5 heterocycles. The highest BCUT2D eigenvalue weighted by atomic mass is 16.5. The zero-order valence-corrected chi connectivity index (χ0v) is 26.7. The van der Waals surface area contributed by atoms with Crippen molar-refractivity contribution in [1.82, 2.24) is 34.1 Å². The Morgan fingerprint density at radius 1 is 1.10 bits per heavy atom. The van der Waals surface area contributed by atoms with Crippen molar-refractivity contribution in [2.45, 2.75) is 20.3 Å². The standard InChI is InChI=1S/C9H8N4.C8H6N4O3.2C6H8N2O.CO2/c1-2-8-5-12-13-6-7(3-10)4-11-9(8)13;9-7(14)5-1-10-8-6(15-4-13)2-11-12(8)3-5;1-4(9)5-2-3-8-6(5)7;1-7-6(5-9)4-8(2)3;2-1-3/h4-6H,2H2,1H3;1-4H,(H2,9,14);2H,3H2,1H3,(H2,7,8);4-5H,2-3H3;/b;;;6-4+;. The second-order valence-corrected chi connectivity index (χ2v) is 9.17. The van der Waals surface area contributed by atoms with Gasteiger partial charge in [0.1, 0.15) is 11.9 Å². The number of aldehydes is 1. The number of nitrogens with two attached hydrogens (primary N) is 2. The number of aliphatic imine (C=N–C) groups is 1. The smallest absolute Gasteiger partial charge is 0.373 e. The van der Waals surface area contributed by atoms with E-state index in [9.17, 15) is 19.2 Å². The summed E-state index contributed by atoms with van der Waals surface area (Å²) in [6, 6.07) is 2.02. The van der Waals surface area contributed by atoms with Crippen LogP contribution in [-0.4, -0.2) is 91.2 Å². The fraction of sp³-hybridized carbons (Fsp3) is 0.200. The minimum atomic E-state index is -0.599. The molecule has 19 heteroatoms. The molecule has 4 aromatic heterocycles. The Morgan fingerprint density at radius 3 is 2.18 bits per heavy atom. The number of aromatic nitrogens is 6. The van der Waals surface area contributed by atoms with Crippen LogP contribution >= 0.6 is 0 Å². The van der Waals surface area contributed by atoms with Gasteiger partial charge >= 0.3 is 6.15 Å². The molecule has 0 radical (unpaired) electrons. The molecule has 0 spiro atoms.